The zero-order chi connectivity index (χ0) is 13.7. The SMILES string of the molecule is CC(C)(C)C1CCC(N)(CC2CC3CCC2C3)CC1. The second-order valence-corrected chi connectivity index (χ2v) is 9.14. The summed E-state index contributed by atoms with van der Waals surface area (Å²) in [4.78, 5) is 0. The van der Waals surface area contributed by atoms with Crippen molar-refractivity contribution in [1.29, 1.82) is 0 Å². The van der Waals surface area contributed by atoms with Crippen LogP contribution in [-0.4, -0.2) is 5.54 Å². The summed E-state index contributed by atoms with van der Waals surface area (Å²) in [5.74, 6) is 3.99. The molecule has 0 aromatic heterocycles. The fourth-order valence-electron chi connectivity index (χ4n) is 5.41. The predicted molar refractivity (Wildman–Crippen MR) is 81.9 cm³/mol. The lowest BCUT2D eigenvalue weighted by Gasteiger charge is -2.44. The first-order valence-corrected chi connectivity index (χ1v) is 8.65. The van der Waals surface area contributed by atoms with Crippen molar-refractivity contribution in [2.45, 2.75) is 84.1 Å². The van der Waals surface area contributed by atoms with E-state index in [-0.39, 0.29) is 5.54 Å². The van der Waals surface area contributed by atoms with Crippen LogP contribution >= 0.6 is 0 Å². The Morgan fingerprint density at radius 3 is 2.16 bits per heavy atom. The number of rotatable bonds is 2. The Balaban J connectivity index is 1.54. The molecule has 3 rings (SSSR count). The van der Waals surface area contributed by atoms with Gasteiger partial charge in [-0.3, -0.25) is 0 Å². The van der Waals surface area contributed by atoms with Crippen LogP contribution in [0.2, 0.25) is 0 Å². The molecule has 0 saturated heterocycles. The van der Waals surface area contributed by atoms with Gasteiger partial charge in [-0.15, -0.1) is 0 Å². The van der Waals surface area contributed by atoms with E-state index >= 15 is 0 Å². The fourth-order valence-corrected chi connectivity index (χ4v) is 5.41. The summed E-state index contributed by atoms with van der Waals surface area (Å²) in [6, 6.07) is 0. The molecule has 2 bridgehead atoms. The summed E-state index contributed by atoms with van der Waals surface area (Å²) in [6.45, 7) is 7.20. The molecule has 3 saturated carbocycles. The molecule has 0 amide bonds. The summed E-state index contributed by atoms with van der Waals surface area (Å²) in [7, 11) is 0. The largest absolute Gasteiger partial charge is 0.325 e. The van der Waals surface area contributed by atoms with Gasteiger partial charge in [0.25, 0.3) is 0 Å². The van der Waals surface area contributed by atoms with Crippen LogP contribution in [0.4, 0.5) is 0 Å². The maximum atomic E-state index is 6.78. The van der Waals surface area contributed by atoms with Crippen molar-refractivity contribution in [3.05, 3.63) is 0 Å². The Hall–Kier alpha value is -0.0400. The van der Waals surface area contributed by atoms with Crippen molar-refractivity contribution in [3.8, 4) is 0 Å². The smallest absolute Gasteiger partial charge is 0.0157 e. The van der Waals surface area contributed by atoms with Crippen molar-refractivity contribution in [1.82, 2.24) is 0 Å². The van der Waals surface area contributed by atoms with Crippen molar-refractivity contribution < 1.29 is 0 Å². The zero-order valence-corrected chi connectivity index (χ0v) is 13.3. The Bertz CT molecular complexity index is 319. The summed E-state index contributed by atoms with van der Waals surface area (Å²) < 4.78 is 0. The second kappa shape index (κ2) is 4.76. The van der Waals surface area contributed by atoms with Crippen LogP contribution in [0, 0.1) is 29.1 Å². The second-order valence-electron chi connectivity index (χ2n) is 9.14. The van der Waals surface area contributed by atoms with Crippen LogP contribution in [0.25, 0.3) is 0 Å². The molecule has 2 N–H and O–H groups in total. The lowest BCUT2D eigenvalue weighted by molar-refractivity contribution is 0.111. The van der Waals surface area contributed by atoms with E-state index in [2.05, 4.69) is 20.8 Å². The zero-order valence-electron chi connectivity index (χ0n) is 13.3. The minimum absolute atomic E-state index is 0.191. The average Bonchev–Trinajstić information content (AvgIpc) is 2.89. The molecule has 0 aliphatic heterocycles. The summed E-state index contributed by atoms with van der Waals surface area (Å²) in [6.07, 6.45) is 12.7. The molecule has 3 aliphatic carbocycles. The van der Waals surface area contributed by atoms with Crippen LogP contribution in [0.1, 0.15) is 78.6 Å². The number of fused-ring (bicyclic) bond motifs is 2. The van der Waals surface area contributed by atoms with Gasteiger partial charge in [-0.1, -0.05) is 27.2 Å². The molecule has 0 aromatic rings. The molecule has 0 aromatic carbocycles. The van der Waals surface area contributed by atoms with Gasteiger partial charge in [0.05, 0.1) is 0 Å². The van der Waals surface area contributed by atoms with Gasteiger partial charge in [-0.2, -0.15) is 0 Å². The molecule has 3 unspecified atom stereocenters. The third-order valence-corrected chi connectivity index (χ3v) is 6.76. The predicted octanol–water partition coefficient (Wildman–Crippen LogP) is 4.75. The van der Waals surface area contributed by atoms with Gasteiger partial charge in [0, 0.05) is 5.54 Å². The monoisotopic (exact) mass is 263 g/mol. The molecule has 0 radical (unpaired) electrons. The minimum Gasteiger partial charge on any atom is -0.325 e. The molecule has 3 fully saturated rings. The molecule has 0 heterocycles. The standard InChI is InChI=1S/C18H33N/c1-17(2,3)16-6-8-18(19,9-7-16)12-15-11-13-4-5-14(15)10-13/h13-16H,4-12,19H2,1-3H3. The third kappa shape index (κ3) is 2.86. The topological polar surface area (TPSA) is 26.0 Å². The molecule has 110 valence electrons. The van der Waals surface area contributed by atoms with Gasteiger partial charge in [0.1, 0.15) is 0 Å². The van der Waals surface area contributed by atoms with E-state index in [1.54, 1.807) is 0 Å². The molecule has 3 atom stereocenters. The third-order valence-electron chi connectivity index (χ3n) is 6.76. The van der Waals surface area contributed by atoms with Gasteiger partial charge in [-0.25, -0.2) is 0 Å². The van der Waals surface area contributed by atoms with E-state index in [0.717, 1.165) is 23.7 Å². The lowest BCUT2D eigenvalue weighted by Crippen LogP contribution is -2.46. The van der Waals surface area contributed by atoms with Gasteiger partial charge in [0.2, 0.25) is 0 Å². The highest BCUT2D eigenvalue weighted by molar-refractivity contribution is 4.98. The average molecular weight is 263 g/mol. The van der Waals surface area contributed by atoms with Crippen molar-refractivity contribution in [3.63, 3.8) is 0 Å². The van der Waals surface area contributed by atoms with Crippen molar-refractivity contribution in [2.75, 3.05) is 0 Å². The normalized spacial score (nSPS) is 46.7. The van der Waals surface area contributed by atoms with Gasteiger partial charge in [0.15, 0.2) is 0 Å². The van der Waals surface area contributed by atoms with E-state index in [4.69, 9.17) is 5.73 Å². The van der Waals surface area contributed by atoms with Crippen LogP contribution < -0.4 is 5.73 Å². The quantitative estimate of drug-likeness (QED) is 0.764. The van der Waals surface area contributed by atoms with Crippen molar-refractivity contribution in [2.24, 2.45) is 34.8 Å². The Morgan fingerprint density at radius 1 is 1.00 bits per heavy atom. The fraction of sp³-hybridized carbons (Fsp3) is 1.00. The van der Waals surface area contributed by atoms with Gasteiger partial charge >= 0.3 is 0 Å². The maximum absolute atomic E-state index is 6.78. The van der Waals surface area contributed by atoms with E-state index < -0.39 is 0 Å². The van der Waals surface area contributed by atoms with Gasteiger partial charge < -0.3 is 5.73 Å². The minimum atomic E-state index is 0.191. The highest BCUT2D eigenvalue weighted by atomic mass is 14.8. The van der Waals surface area contributed by atoms with Crippen LogP contribution in [0.15, 0.2) is 0 Å². The maximum Gasteiger partial charge on any atom is 0.0157 e. The number of nitrogens with two attached hydrogens (primary N) is 1. The molecule has 3 aliphatic rings. The first-order chi connectivity index (χ1) is 8.86. The molecule has 1 heteroatoms. The highest BCUT2D eigenvalue weighted by Gasteiger charge is 2.44. The number of hydrogen-bond acceptors (Lipinski definition) is 1. The molecule has 19 heavy (non-hydrogen) atoms. The first-order valence-electron chi connectivity index (χ1n) is 8.65. The van der Waals surface area contributed by atoms with Gasteiger partial charge in [-0.05, 0) is 80.5 Å². The molecule has 1 nitrogen and oxygen atoms in total. The molecule has 0 spiro atoms. The van der Waals surface area contributed by atoms with Crippen molar-refractivity contribution >= 4 is 0 Å². The number of hydrogen-bond donors (Lipinski definition) is 1. The summed E-state index contributed by atoms with van der Waals surface area (Å²) in [5.41, 5.74) is 7.45. The first kappa shape index (κ1) is 13.9. The summed E-state index contributed by atoms with van der Waals surface area (Å²) in [5, 5.41) is 0. The Kier molecular flexibility index (Phi) is 3.48. The lowest BCUT2D eigenvalue weighted by atomic mass is 9.65. The van der Waals surface area contributed by atoms with Crippen LogP contribution in [-0.2, 0) is 0 Å². The molecular formula is C18H33N. The van der Waals surface area contributed by atoms with E-state index in [1.165, 1.54) is 57.8 Å². The Morgan fingerprint density at radius 2 is 1.68 bits per heavy atom. The van der Waals surface area contributed by atoms with E-state index in [9.17, 15) is 0 Å². The molecular weight excluding hydrogens is 230 g/mol. The Labute approximate surface area is 119 Å². The van der Waals surface area contributed by atoms with E-state index in [1.807, 2.05) is 0 Å². The van der Waals surface area contributed by atoms with Crippen LogP contribution in [0.3, 0.4) is 0 Å². The van der Waals surface area contributed by atoms with Crippen LogP contribution in [0.5, 0.6) is 0 Å². The van der Waals surface area contributed by atoms with E-state index in [0.29, 0.717) is 5.41 Å². The summed E-state index contributed by atoms with van der Waals surface area (Å²) >= 11 is 0. The highest BCUT2D eigenvalue weighted by Crippen LogP contribution is 2.52.